The number of aromatic nitrogens is 1. The molecule has 0 radical (unpaired) electrons. The molecule has 0 saturated carbocycles. The number of aliphatic hydroxyl groups is 1. The molecule has 0 aliphatic rings. The van der Waals surface area contributed by atoms with E-state index in [1.165, 1.54) is 12.1 Å². The number of aliphatic hydroxyl groups excluding tert-OH is 1. The minimum Gasteiger partial charge on any atom is -0.396 e. The molecule has 0 amide bonds. The third-order valence-corrected chi connectivity index (χ3v) is 1.94. The maximum Gasteiger partial charge on any atom is 0.416 e. The van der Waals surface area contributed by atoms with Gasteiger partial charge in [0.25, 0.3) is 0 Å². The first kappa shape index (κ1) is 12.9. The largest absolute Gasteiger partial charge is 0.416 e. The lowest BCUT2D eigenvalue weighted by atomic mass is 10.3. The normalized spacial score (nSPS) is 13.6. The van der Waals surface area contributed by atoms with Gasteiger partial charge in [-0.15, -0.1) is 0 Å². The number of alkyl halides is 3. The first-order chi connectivity index (χ1) is 7.30. The first-order valence-corrected chi connectivity index (χ1v) is 4.59. The van der Waals surface area contributed by atoms with Crippen molar-refractivity contribution < 1.29 is 18.3 Å². The van der Waals surface area contributed by atoms with E-state index < -0.39 is 18.8 Å². The second kappa shape index (κ2) is 4.75. The van der Waals surface area contributed by atoms with Crippen LogP contribution in [0.1, 0.15) is 0 Å². The molecule has 1 unspecified atom stereocenters. The van der Waals surface area contributed by atoms with Gasteiger partial charge in [-0.3, -0.25) is 0 Å². The highest BCUT2D eigenvalue weighted by Crippen LogP contribution is 2.22. The summed E-state index contributed by atoms with van der Waals surface area (Å²) >= 11 is 5.53. The van der Waals surface area contributed by atoms with Crippen molar-refractivity contribution in [3.8, 4) is 0 Å². The number of nitrogen functional groups attached to an aromatic ring is 1. The number of pyridine rings is 1. The molecule has 0 spiro atoms. The molecule has 4 nitrogen and oxygen atoms in total. The smallest absolute Gasteiger partial charge is 0.396 e. The Morgan fingerprint density at radius 1 is 1.50 bits per heavy atom. The number of nitrogens with two attached hydrogens (primary N) is 1. The Morgan fingerprint density at radius 2 is 2.12 bits per heavy atom. The summed E-state index contributed by atoms with van der Waals surface area (Å²) in [4.78, 5) is 3.68. The van der Waals surface area contributed by atoms with Crippen LogP contribution in [0.3, 0.4) is 0 Å². The maximum atomic E-state index is 12.0. The zero-order valence-corrected chi connectivity index (χ0v) is 8.68. The Bertz CT molecular complexity index is 372. The molecule has 0 aliphatic heterocycles. The summed E-state index contributed by atoms with van der Waals surface area (Å²) in [5, 5.41) is 11.1. The quantitative estimate of drug-likeness (QED) is 0.718. The van der Waals surface area contributed by atoms with E-state index >= 15 is 0 Å². The fraction of sp³-hybridized carbons (Fsp3) is 0.375. The van der Waals surface area contributed by atoms with E-state index in [1.54, 1.807) is 0 Å². The standard InChI is InChI=1S/C8H9ClF3N3O/c9-6-2-1-4(13)7(15-6)14-3-5(16)8(10,11)12/h1-2,5,16H,3,13H2,(H,14,15). The maximum absolute atomic E-state index is 12.0. The minimum atomic E-state index is -4.68. The molecule has 1 rings (SSSR count). The number of nitrogens with one attached hydrogen (secondary N) is 1. The van der Waals surface area contributed by atoms with Crippen LogP contribution in [0.25, 0.3) is 0 Å². The molecule has 0 saturated heterocycles. The summed E-state index contributed by atoms with van der Waals surface area (Å²) in [6.07, 6.45) is -7.16. The molecule has 1 aromatic rings. The van der Waals surface area contributed by atoms with Crippen LogP contribution < -0.4 is 11.1 Å². The molecule has 1 atom stereocenters. The highest BCUT2D eigenvalue weighted by atomic mass is 35.5. The lowest BCUT2D eigenvalue weighted by Gasteiger charge is -2.16. The fourth-order valence-corrected chi connectivity index (χ4v) is 1.04. The predicted molar refractivity (Wildman–Crippen MR) is 54.2 cm³/mol. The van der Waals surface area contributed by atoms with Gasteiger partial charge in [0.05, 0.1) is 12.2 Å². The molecule has 4 N–H and O–H groups in total. The molecular formula is C8H9ClF3N3O. The minimum absolute atomic E-state index is 0.0100. The average Bonchev–Trinajstić information content (AvgIpc) is 2.17. The van der Waals surface area contributed by atoms with Crippen LogP contribution in [-0.4, -0.2) is 28.9 Å². The Labute approximate surface area is 94.2 Å². The average molecular weight is 256 g/mol. The van der Waals surface area contributed by atoms with Crippen LogP contribution in [0.2, 0.25) is 5.15 Å². The molecule has 0 aromatic carbocycles. The lowest BCUT2D eigenvalue weighted by Crippen LogP contribution is -2.35. The van der Waals surface area contributed by atoms with Gasteiger partial charge in [0.1, 0.15) is 5.15 Å². The van der Waals surface area contributed by atoms with Crippen molar-refractivity contribution >= 4 is 23.1 Å². The van der Waals surface area contributed by atoms with E-state index in [2.05, 4.69) is 10.3 Å². The topological polar surface area (TPSA) is 71.2 Å². The van der Waals surface area contributed by atoms with Crippen LogP contribution >= 0.6 is 11.6 Å². The Balaban J connectivity index is 2.64. The predicted octanol–water partition coefficient (Wildman–Crippen LogP) is 1.65. The SMILES string of the molecule is Nc1ccc(Cl)nc1NCC(O)C(F)(F)F. The number of halogens is 4. The van der Waals surface area contributed by atoms with Gasteiger partial charge in [-0.2, -0.15) is 13.2 Å². The van der Waals surface area contributed by atoms with Crippen molar-refractivity contribution in [2.45, 2.75) is 12.3 Å². The van der Waals surface area contributed by atoms with E-state index in [0.29, 0.717) is 0 Å². The zero-order chi connectivity index (χ0) is 12.3. The summed E-state index contributed by atoms with van der Waals surface area (Å²) in [6, 6.07) is 2.81. The lowest BCUT2D eigenvalue weighted by molar-refractivity contribution is -0.198. The van der Waals surface area contributed by atoms with Gasteiger partial charge in [-0.1, -0.05) is 11.6 Å². The van der Waals surface area contributed by atoms with Crippen molar-refractivity contribution in [3.05, 3.63) is 17.3 Å². The third kappa shape index (κ3) is 3.42. The number of rotatable bonds is 3. The number of anilines is 2. The second-order valence-corrected chi connectivity index (χ2v) is 3.40. The summed E-state index contributed by atoms with van der Waals surface area (Å²) < 4.78 is 35.9. The number of hydrogen-bond acceptors (Lipinski definition) is 4. The summed E-state index contributed by atoms with van der Waals surface area (Å²) in [6.45, 7) is -0.735. The highest BCUT2D eigenvalue weighted by Gasteiger charge is 2.37. The Hall–Kier alpha value is -1.21. The first-order valence-electron chi connectivity index (χ1n) is 4.21. The van der Waals surface area contributed by atoms with E-state index in [-0.39, 0.29) is 16.7 Å². The van der Waals surface area contributed by atoms with E-state index in [9.17, 15) is 13.2 Å². The van der Waals surface area contributed by atoms with Crippen molar-refractivity contribution in [2.75, 3.05) is 17.6 Å². The van der Waals surface area contributed by atoms with Gasteiger partial charge < -0.3 is 16.2 Å². The summed E-state index contributed by atoms with van der Waals surface area (Å²) in [7, 11) is 0. The second-order valence-electron chi connectivity index (χ2n) is 3.01. The summed E-state index contributed by atoms with van der Waals surface area (Å²) in [5.74, 6) is 0.0100. The van der Waals surface area contributed by atoms with Crippen molar-refractivity contribution in [1.82, 2.24) is 4.98 Å². The highest BCUT2D eigenvalue weighted by molar-refractivity contribution is 6.29. The van der Waals surface area contributed by atoms with Crippen LogP contribution in [0, 0.1) is 0 Å². The molecule has 0 fully saturated rings. The molecule has 8 heteroatoms. The van der Waals surface area contributed by atoms with E-state index in [4.69, 9.17) is 22.4 Å². The van der Waals surface area contributed by atoms with E-state index in [0.717, 1.165) is 0 Å². The van der Waals surface area contributed by atoms with Gasteiger partial charge in [-0.05, 0) is 12.1 Å². The van der Waals surface area contributed by atoms with Crippen LogP contribution in [0.15, 0.2) is 12.1 Å². The van der Waals surface area contributed by atoms with E-state index in [1.807, 2.05) is 0 Å². The molecule has 90 valence electrons. The molecule has 0 bridgehead atoms. The monoisotopic (exact) mass is 255 g/mol. The van der Waals surface area contributed by atoms with Gasteiger partial charge in [0.2, 0.25) is 0 Å². The van der Waals surface area contributed by atoms with Crippen LogP contribution in [0.5, 0.6) is 0 Å². The van der Waals surface area contributed by atoms with Gasteiger partial charge in [0.15, 0.2) is 11.9 Å². The van der Waals surface area contributed by atoms with Gasteiger partial charge in [-0.25, -0.2) is 4.98 Å². The Morgan fingerprint density at radius 3 is 2.69 bits per heavy atom. The van der Waals surface area contributed by atoms with Crippen molar-refractivity contribution in [3.63, 3.8) is 0 Å². The van der Waals surface area contributed by atoms with Crippen molar-refractivity contribution in [2.24, 2.45) is 0 Å². The third-order valence-electron chi connectivity index (χ3n) is 1.73. The zero-order valence-electron chi connectivity index (χ0n) is 7.92. The molecular weight excluding hydrogens is 247 g/mol. The van der Waals surface area contributed by atoms with Gasteiger partial charge in [0, 0.05) is 0 Å². The van der Waals surface area contributed by atoms with Crippen LogP contribution in [-0.2, 0) is 0 Å². The van der Waals surface area contributed by atoms with Gasteiger partial charge >= 0.3 is 6.18 Å². The summed E-state index contributed by atoms with van der Waals surface area (Å²) in [5.41, 5.74) is 5.59. The Kier molecular flexibility index (Phi) is 3.82. The van der Waals surface area contributed by atoms with Crippen LogP contribution in [0.4, 0.5) is 24.7 Å². The number of nitrogens with zero attached hydrogens (tertiary/aromatic N) is 1. The molecule has 1 heterocycles. The molecule has 0 aliphatic carbocycles. The van der Waals surface area contributed by atoms with Crippen molar-refractivity contribution in [1.29, 1.82) is 0 Å². The number of hydrogen-bond donors (Lipinski definition) is 3. The molecule has 1 aromatic heterocycles. The molecule has 16 heavy (non-hydrogen) atoms. The fourth-order valence-electron chi connectivity index (χ4n) is 0.897.